The highest BCUT2D eigenvalue weighted by Gasteiger charge is 2.26. The fourth-order valence-corrected chi connectivity index (χ4v) is 3.63. The summed E-state index contributed by atoms with van der Waals surface area (Å²) in [5.41, 5.74) is 8.93. The van der Waals surface area contributed by atoms with Crippen LogP contribution in [0.15, 0.2) is 42.7 Å². The first-order chi connectivity index (χ1) is 15.0. The lowest BCUT2D eigenvalue weighted by molar-refractivity contribution is 0.0480. The van der Waals surface area contributed by atoms with E-state index in [-0.39, 0.29) is 11.5 Å². The maximum Gasteiger partial charge on any atom is 0.360 e. The average molecular weight is 435 g/mol. The Bertz CT molecular complexity index is 1310. The van der Waals surface area contributed by atoms with Crippen LogP contribution in [-0.4, -0.2) is 37.3 Å². The molecule has 1 saturated carbocycles. The summed E-state index contributed by atoms with van der Waals surface area (Å²) in [4.78, 5) is 26.1. The van der Waals surface area contributed by atoms with E-state index < -0.39 is 5.97 Å². The lowest BCUT2D eigenvalue weighted by Gasteiger charge is -2.12. The van der Waals surface area contributed by atoms with Gasteiger partial charge in [0.15, 0.2) is 11.5 Å². The molecule has 1 aliphatic carbocycles. The molecule has 1 aliphatic rings. The number of benzene rings is 1. The molecule has 0 saturated heterocycles. The third-order valence-corrected chi connectivity index (χ3v) is 5.44. The standard InChI is InChI=1S/C22H19ClN6O2/c1-29-8-6-16(28-29)19-18(14-9-13-3-2-7-25-17(13)15(23)10-14)26-20(21(24)27-19)22(30)31-11-12-4-5-12/h2-3,6-10,12H,4-5,11H2,1H3,(H2,24,27). The third-order valence-electron chi connectivity index (χ3n) is 5.15. The zero-order valence-electron chi connectivity index (χ0n) is 16.7. The van der Waals surface area contributed by atoms with Crippen LogP contribution < -0.4 is 5.73 Å². The summed E-state index contributed by atoms with van der Waals surface area (Å²) in [6, 6.07) is 9.20. The van der Waals surface area contributed by atoms with Crippen molar-refractivity contribution in [1.82, 2.24) is 24.7 Å². The summed E-state index contributed by atoms with van der Waals surface area (Å²) in [5.74, 6) is -0.157. The van der Waals surface area contributed by atoms with Gasteiger partial charge in [0, 0.05) is 30.4 Å². The predicted molar refractivity (Wildman–Crippen MR) is 117 cm³/mol. The molecule has 0 amide bonds. The zero-order chi connectivity index (χ0) is 21.5. The van der Waals surface area contributed by atoms with Crippen LogP contribution in [0.25, 0.3) is 33.5 Å². The van der Waals surface area contributed by atoms with Crippen molar-refractivity contribution < 1.29 is 9.53 Å². The van der Waals surface area contributed by atoms with Gasteiger partial charge in [0.05, 0.1) is 22.8 Å². The number of carbonyl (C=O) groups is 1. The molecule has 0 radical (unpaired) electrons. The Hall–Kier alpha value is -3.52. The Morgan fingerprint density at radius 1 is 1.26 bits per heavy atom. The largest absolute Gasteiger partial charge is 0.461 e. The average Bonchev–Trinajstić information content (AvgIpc) is 3.50. The van der Waals surface area contributed by atoms with Crippen molar-refractivity contribution in [2.24, 2.45) is 13.0 Å². The number of carbonyl (C=O) groups excluding carboxylic acids is 1. The first kappa shape index (κ1) is 19.4. The molecule has 3 heterocycles. The van der Waals surface area contributed by atoms with Crippen LogP contribution >= 0.6 is 11.6 Å². The molecule has 1 fully saturated rings. The first-order valence-electron chi connectivity index (χ1n) is 9.89. The van der Waals surface area contributed by atoms with Gasteiger partial charge >= 0.3 is 5.97 Å². The van der Waals surface area contributed by atoms with Crippen molar-refractivity contribution in [1.29, 1.82) is 0 Å². The van der Waals surface area contributed by atoms with Gasteiger partial charge < -0.3 is 10.5 Å². The summed E-state index contributed by atoms with van der Waals surface area (Å²) in [6.45, 7) is 0.366. The molecule has 8 nitrogen and oxygen atoms in total. The van der Waals surface area contributed by atoms with E-state index in [1.54, 1.807) is 23.1 Å². The van der Waals surface area contributed by atoms with Gasteiger partial charge in [0.25, 0.3) is 0 Å². The number of aryl methyl sites for hydroxylation is 1. The van der Waals surface area contributed by atoms with E-state index in [1.165, 1.54) is 0 Å². The van der Waals surface area contributed by atoms with Gasteiger partial charge in [0.2, 0.25) is 0 Å². The third kappa shape index (κ3) is 3.82. The molecule has 9 heteroatoms. The smallest absolute Gasteiger partial charge is 0.360 e. The van der Waals surface area contributed by atoms with Crippen LogP contribution in [0.1, 0.15) is 23.3 Å². The van der Waals surface area contributed by atoms with Gasteiger partial charge in [-0.25, -0.2) is 14.8 Å². The summed E-state index contributed by atoms with van der Waals surface area (Å²) in [6.07, 6.45) is 5.63. The highest BCUT2D eigenvalue weighted by atomic mass is 35.5. The number of aromatic nitrogens is 5. The molecular formula is C22H19ClN6O2. The molecule has 3 aromatic heterocycles. The summed E-state index contributed by atoms with van der Waals surface area (Å²) in [5, 5.41) is 5.74. The molecule has 0 aliphatic heterocycles. The fraction of sp³-hybridized carbons (Fsp3) is 0.227. The Morgan fingerprint density at radius 3 is 2.84 bits per heavy atom. The first-order valence-corrected chi connectivity index (χ1v) is 10.3. The lowest BCUT2D eigenvalue weighted by atomic mass is 10.0. The number of halogens is 1. The molecule has 1 aromatic carbocycles. The molecule has 0 unspecified atom stereocenters. The molecule has 2 N–H and O–H groups in total. The van der Waals surface area contributed by atoms with E-state index in [0.29, 0.717) is 45.7 Å². The monoisotopic (exact) mass is 434 g/mol. The van der Waals surface area contributed by atoms with Crippen molar-refractivity contribution in [3.05, 3.63) is 53.4 Å². The molecule has 0 bridgehead atoms. The number of hydrogen-bond donors (Lipinski definition) is 1. The second-order valence-corrected chi connectivity index (χ2v) is 8.01. The van der Waals surface area contributed by atoms with Crippen molar-refractivity contribution in [3.8, 4) is 22.6 Å². The second kappa shape index (κ2) is 7.63. The van der Waals surface area contributed by atoms with Crippen LogP contribution in [0.5, 0.6) is 0 Å². The highest BCUT2D eigenvalue weighted by molar-refractivity contribution is 6.35. The van der Waals surface area contributed by atoms with Gasteiger partial charge in [0.1, 0.15) is 11.4 Å². The summed E-state index contributed by atoms with van der Waals surface area (Å²) in [7, 11) is 1.81. The van der Waals surface area contributed by atoms with Crippen LogP contribution in [0.3, 0.4) is 0 Å². The number of hydrogen-bond acceptors (Lipinski definition) is 7. The Labute approximate surface area is 183 Å². The van der Waals surface area contributed by atoms with Crippen molar-refractivity contribution in [3.63, 3.8) is 0 Å². The van der Waals surface area contributed by atoms with E-state index in [4.69, 9.17) is 22.1 Å². The van der Waals surface area contributed by atoms with Gasteiger partial charge in [-0.1, -0.05) is 17.7 Å². The van der Waals surface area contributed by atoms with Gasteiger partial charge in [-0.3, -0.25) is 9.67 Å². The van der Waals surface area contributed by atoms with Gasteiger partial charge in [-0.2, -0.15) is 5.10 Å². The topological polar surface area (TPSA) is 109 Å². The van der Waals surface area contributed by atoms with Crippen LogP contribution in [0, 0.1) is 5.92 Å². The summed E-state index contributed by atoms with van der Waals surface area (Å²) < 4.78 is 7.05. The maximum atomic E-state index is 12.7. The molecule has 5 rings (SSSR count). The number of nitrogens with two attached hydrogens (primary N) is 1. The normalized spacial score (nSPS) is 13.5. The van der Waals surface area contributed by atoms with Crippen LogP contribution in [-0.2, 0) is 11.8 Å². The Balaban J connectivity index is 1.67. The number of esters is 1. The number of ether oxygens (including phenoxy) is 1. The number of fused-ring (bicyclic) bond motifs is 1. The fourth-order valence-electron chi connectivity index (χ4n) is 3.35. The number of nitrogens with zero attached hydrogens (tertiary/aromatic N) is 5. The zero-order valence-corrected chi connectivity index (χ0v) is 17.5. The molecule has 31 heavy (non-hydrogen) atoms. The molecule has 156 valence electrons. The Kier molecular flexibility index (Phi) is 4.78. The number of pyridine rings is 1. The predicted octanol–water partition coefficient (Wildman–Crippen LogP) is 3.89. The number of nitrogen functional groups attached to an aromatic ring is 1. The summed E-state index contributed by atoms with van der Waals surface area (Å²) >= 11 is 6.49. The van der Waals surface area contributed by atoms with Crippen molar-refractivity contribution in [2.75, 3.05) is 12.3 Å². The Morgan fingerprint density at radius 2 is 2.10 bits per heavy atom. The minimum atomic E-state index is -0.584. The quantitative estimate of drug-likeness (QED) is 0.474. The molecule has 4 aromatic rings. The molecule has 0 atom stereocenters. The molecule has 0 spiro atoms. The SMILES string of the molecule is Cn1ccc(-c2nc(N)c(C(=O)OCC3CC3)nc2-c2cc(Cl)c3ncccc3c2)n1. The van der Waals surface area contributed by atoms with Gasteiger partial charge in [-0.15, -0.1) is 0 Å². The number of anilines is 1. The highest BCUT2D eigenvalue weighted by Crippen LogP contribution is 2.35. The van der Waals surface area contributed by atoms with Gasteiger partial charge in [-0.05, 0) is 43.0 Å². The maximum absolute atomic E-state index is 12.7. The minimum absolute atomic E-state index is 0.00115. The van der Waals surface area contributed by atoms with E-state index in [1.807, 2.05) is 31.3 Å². The second-order valence-electron chi connectivity index (χ2n) is 7.60. The molecular weight excluding hydrogens is 416 g/mol. The number of rotatable bonds is 5. The van der Waals surface area contributed by atoms with Crippen molar-refractivity contribution in [2.45, 2.75) is 12.8 Å². The van der Waals surface area contributed by atoms with E-state index in [9.17, 15) is 4.79 Å². The van der Waals surface area contributed by atoms with Crippen LogP contribution in [0.4, 0.5) is 5.82 Å². The van der Waals surface area contributed by atoms with E-state index >= 15 is 0 Å². The van der Waals surface area contributed by atoms with E-state index in [2.05, 4.69) is 20.1 Å². The van der Waals surface area contributed by atoms with E-state index in [0.717, 1.165) is 18.2 Å². The lowest BCUT2D eigenvalue weighted by Crippen LogP contribution is -2.15. The van der Waals surface area contributed by atoms with Crippen LogP contribution in [0.2, 0.25) is 5.02 Å². The van der Waals surface area contributed by atoms with Crippen molar-refractivity contribution >= 4 is 34.3 Å². The minimum Gasteiger partial charge on any atom is -0.461 e.